The van der Waals surface area contributed by atoms with Gasteiger partial charge in [0.05, 0.1) is 0 Å². The first kappa shape index (κ1) is 24.0. The summed E-state index contributed by atoms with van der Waals surface area (Å²) in [6, 6.07) is 0. The average Bonchev–Trinajstić information content (AvgIpc) is 2.56. The molecule has 0 saturated heterocycles. The van der Waals surface area contributed by atoms with Crippen molar-refractivity contribution in [1.82, 2.24) is 5.48 Å². The van der Waals surface area contributed by atoms with Crippen LogP contribution in [-0.2, 0) is 28.0 Å². The van der Waals surface area contributed by atoms with E-state index < -0.39 is 10.8 Å². The van der Waals surface area contributed by atoms with Crippen molar-refractivity contribution in [2.24, 2.45) is 0 Å². The van der Waals surface area contributed by atoms with Crippen LogP contribution in [0.15, 0.2) is 0 Å². The molecule has 0 aliphatic rings. The normalized spacial score (nSPS) is 14.0. The molecular weight excluding hydrogens is 326 g/mol. The van der Waals surface area contributed by atoms with E-state index in [0.717, 1.165) is 44.9 Å². The zero-order chi connectivity index (χ0) is 17.9. The summed E-state index contributed by atoms with van der Waals surface area (Å²) in [6.45, 7) is 5.10. The van der Waals surface area contributed by atoms with E-state index in [1.54, 1.807) is 0 Å². The van der Waals surface area contributed by atoms with Gasteiger partial charge >= 0.3 is 10.8 Å². The number of nitrogens with one attached hydrogen (secondary N) is 1. The van der Waals surface area contributed by atoms with Gasteiger partial charge in [0, 0.05) is 10.8 Å². The van der Waals surface area contributed by atoms with Crippen LogP contribution in [-0.4, -0.2) is 13.2 Å². The van der Waals surface area contributed by atoms with Gasteiger partial charge in [0.25, 0.3) is 0 Å². The highest BCUT2D eigenvalue weighted by molar-refractivity contribution is 7.88. The third-order valence-electron chi connectivity index (χ3n) is 4.02. The molecule has 0 aliphatic heterocycles. The van der Waals surface area contributed by atoms with Crippen LogP contribution in [0.5, 0.6) is 0 Å². The van der Waals surface area contributed by atoms with Crippen molar-refractivity contribution in [3.8, 4) is 0 Å². The molecule has 0 heterocycles. The Kier molecular flexibility index (Phi) is 17.8. The lowest BCUT2D eigenvalue weighted by atomic mass is 10.1. The van der Waals surface area contributed by atoms with Crippen molar-refractivity contribution in [2.45, 2.75) is 104 Å². The van der Waals surface area contributed by atoms with Crippen LogP contribution in [0, 0.1) is 0 Å². The minimum Gasteiger partial charge on any atom is -0.145 e. The van der Waals surface area contributed by atoms with Crippen LogP contribution in [0.2, 0.25) is 0 Å². The lowest BCUT2D eigenvalue weighted by Crippen LogP contribution is -2.26. The third kappa shape index (κ3) is 18.3. The van der Waals surface area contributed by atoms with Gasteiger partial charge in [0.1, 0.15) is 11.2 Å². The molecule has 1 atom stereocenters. The molecule has 1 unspecified atom stereocenters. The van der Waals surface area contributed by atoms with Crippen LogP contribution >= 0.6 is 0 Å². The summed E-state index contributed by atoms with van der Waals surface area (Å²) in [5.74, 6) is 0. The van der Waals surface area contributed by atoms with Crippen LogP contribution in [0.4, 0.5) is 0 Å². The molecule has 0 aromatic carbocycles. The van der Waals surface area contributed by atoms with E-state index in [-0.39, 0.29) is 6.61 Å². The zero-order valence-corrected chi connectivity index (χ0v) is 16.7. The zero-order valence-electron chi connectivity index (χ0n) is 15.9. The molecule has 145 valence electrons. The van der Waals surface area contributed by atoms with Gasteiger partial charge in [-0.25, -0.2) is 0 Å². The molecule has 0 fully saturated rings. The van der Waals surface area contributed by atoms with E-state index in [2.05, 4.69) is 23.6 Å². The van der Waals surface area contributed by atoms with Gasteiger partial charge in [-0.1, -0.05) is 90.9 Å². The van der Waals surface area contributed by atoms with Crippen molar-refractivity contribution < 1.29 is 17.2 Å². The molecule has 0 saturated carbocycles. The standard InChI is InChI=1S/C18H39NO4S/c1-3-5-7-9-10-11-12-13-14-16-18-22-24(20,21)23-19-17-15-8-6-4-2/h19H,3-18H2,1-2H3/q+1. The molecule has 0 bridgehead atoms. The number of hydroxylamine groups is 1. The van der Waals surface area contributed by atoms with Crippen molar-refractivity contribution in [2.75, 3.05) is 13.2 Å². The second kappa shape index (κ2) is 17.8. The SMILES string of the molecule is CCCCCCCCCCCCO[S+]([O])(=O)ONCCCCCC. The Bertz CT molecular complexity index is 303. The Morgan fingerprint density at radius 2 is 1.17 bits per heavy atom. The fourth-order valence-corrected chi connectivity index (χ4v) is 3.11. The first-order chi connectivity index (χ1) is 11.6. The van der Waals surface area contributed by atoms with Gasteiger partial charge in [-0.2, -0.15) is 0 Å². The van der Waals surface area contributed by atoms with Gasteiger partial charge in [0.15, 0.2) is 0 Å². The minimum atomic E-state index is -3.90. The highest BCUT2D eigenvalue weighted by Gasteiger charge is 2.33. The van der Waals surface area contributed by atoms with E-state index >= 15 is 0 Å². The number of rotatable bonds is 19. The maximum absolute atomic E-state index is 11.5. The Morgan fingerprint density at radius 1 is 0.708 bits per heavy atom. The van der Waals surface area contributed by atoms with Gasteiger partial charge in [-0.3, -0.25) is 0 Å². The van der Waals surface area contributed by atoms with E-state index in [1.165, 1.54) is 44.9 Å². The summed E-state index contributed by atoms with van der Waals surface area (Å²) in [5, 5.41) is 0. The maximum Gasteiger partial charge on any atom is 0.564 e. The second-order valence-electron chi connectivity index (χ2n) is 6.45. The monoisotopic (exact) mass is 365 g/mol. The van der Waals surface area contributed by atoms with Crippen molar-refractivity contribution >= 4 is 10.8 Å². The molecular formula is C18H39NO4S+. The quantitative estimate of drug-likeness (QED) is 0.181. The third-order valence-corrected chi connectivity index (χ3v) is 4.80. The average molecular weight is 366 g/mol. The maximum atomic E-state index is 11.5. The molecule has 0 aromatic rings. The van der Waals surface area contributed by atoms with E-state index in [9.17, 15) is 8.76 Å². The minimum absolute atomic E-state index is 0.205. The summed E-state index contributed by atoms with van der Waals surface area (Å²) < 4.78 is 32.4. The molecule has 0 rings (SSSR count). The Balaban J connectivity index is 3.31. The van der Waals surface area contributed by atoms with Crippen LogP contribution < -0.4 is 5.48 Å². The summed E-state index contributed by atoms with van der Waals surface area (Å²) in [5.41, 5.74) is 2.46. The van der Waals surface area contributed by atoms with Crippen molar-refractivity contribution in [1.29, 1.82) is 0 Å². The first-order valence-electron chi connectivity index (χ1n) is 9.93. The Labute approximate surface area is 150 Å². The van der Waals surface area contributed by atoms with E-state index in [1.807, 2.05) is 0 Å². The lowest BCUT2D eigenvalue weighted by molar-refractivity contribution is 0.101. The molecule has 0 spiro atoms. The van der Waals surface area contributed by atoms with Gasteiger partial charge in [-0.15, -0.1) is 9.66 Å². The summed E-state index contributed by atoms with van der Waals surface area (Å²) in [4.78, 5) is 0. The molecule has 0 aromatic heterocycles. The van der Waals surface area contributed by atoms with E-state index in [0.29, 0.717) is 6.54 Å². The van der Waals surface area contributed by atoms with Gasteiger partial charge < -0.3 is 0 Å². The molecule has 5 nitrogen and oxygen atoms in total. The van der Waals surface area contributed by atoms with Crippen molar-refractivity contribution in [3.05, 3.63) is 0 Å². The highest BCUT2D eigenvalue weighted by atomic mass is 32.3. The summed E-state index contributed by atoms with van der Waals surface area (Å²) in [7, 11) is -3.90. The second-order valence-corrected chi connectivity index (χ2v) is 7.67. The Morgan fingerprint density at radius 3 is 1.71 bits per heavy atom. The molecule has 24 heavy (non-hydrogen) atoms. The first-order valence-corrected chi connectivity index (χ1v) is 11.3. The van der Waals surface area contributed by atoms with Crippen molar-refractivity contribution in [3.63, 3.8) is 0 Å². The largest absolute Gasteiger partial charge is 0.564 e. The number of unbranched alkanes of at least 4 members (excludes halogenated alkanes) is 12. The van der Waals surface area contributed by atoms with Gasteiger partial charge in [-0.05, 0) is 17.1 Å². The smallest absolute Gasteiger partial charge is 0.145 e. The topological polar surface area (TPSA) is 67.5 Å². The predicted molar refractivity (Wildman–Crippen MR) is 99.8 cm³/mol. The fourth-order valence-electron chi connectivity index (χ4n) is 2.51. The summed E-state index contributed by atoms with van der Waals surface area (Å²) >= 11 is 0. The van der Waals surface area contributed by atoms with Gasteiger partial charge in [0.2, 0.25) is 0 Å². The molecule has 1 N–H and O–H groups in total. The summed E-state index contributed by atoms with van der Waals surface area (Å²) in [6.07, 6.45) is 16.4. The van der Waals surface area contributed by atoms with E-state index in [4.69, 9.17) is 4.18 Å². The number of hydrogen-bond donors (Lipinski definition) is 1. The molecule has 0 aliphatic carbocycles. The van der Waals surface area contributed by atoms with Crippen LogP contribution in [0.3, 0.4) is 0 Å². The molecule has 0 amide bonds. The highest BCUT2D eigenvalue weighted by Crippen LogP contribution is 2.11. The lowest BCUT2D eigenvalue weighted by Gasteiger charge is -2.03. The van der Waals surface area contributed by atoms with Crippen LogP contribution in [0.25, 0.3) is 0 Å². The molecule has 1 radical (unpaired) electrons. The fraction of sp³-hybridized carbons (Fsp3) is 1.00. The molecule has 6 heteroatoms. The van der Waals surface area contributed by atoms with Crippen LogP contribution in [0.1, 0.15) is 104 Å². The number of hydrogen-bond acceptors (Lipinski definition) is 4. The Hall–Kier alpha value is -0.0100. The predicted octanol–water partition coefficient (Wildman–Crippen LogP) is 5.70.